The van der Waals surface area contributed by atoms with Crippen molar-refractivity contribution in [1.29, 1.82) is 0 Å². The van der Waals surface area contributed by atoms with Crippen LogP contribution in [-0.4, -0.2) is 29.7 Å². The van der Waals surface area contributed by atoms with E-state index in [4.69, 9.17) is 10.5 Å². The summed E-state index contributed by atoms with van der Waals surface area (Å²) < 4.78 is 5.43. The van der Waals surface area contributed by atoms with Gasteiger partial charge in [-0.3, -0.25) is 4.98 Å². The van der Waals surface area contributed by atoms with Gasteiger partial charge in [0.05, 0.1) is 12.4 Å². The summed E-state index contributed by atoms with van der Waals surface area (Å²) >= 11 is 0. The minimum absolute atomic E-state index is 0.434. The van der Waals surface area contributed by atoms with Crippen molar-refractivity contribution in [2.45, 2.75) is 26.2 Å². The van der Waals surface area contributed by atoms with Gasteiger partial charge in [-0.15, -0.1) is 0 Å². The number of nitrogens with zero attached hydrogens (tertiary/aromatic N) is 2. The minimum Gasteiger partial charge on any atom is -0.382 e. The highest BCUT2D eigenvalue weighted by molar-refractivity contribution is 5.37. The lowest BCUT2D eigenvalue weighted by atomic mass is 10.4. The molecule has 5 nitrogen and oxygen atoms in total. The molecule has 3 N–H and O–H groups in total. The highest BCUT2D eigenvalue weighted by atomic mass is 16.5. The third-order valence-corrected chi connectivity index (χ3v) is 2.07. The van der Waals surface area contributed by atoms with Gasteiger partial charge >= 0.3 is 0 Å². The smallest absolute Gasteiger partial charge is 0.146 e. The molecule has 0 atom stereocenters. The molecule has 0 fully saturated rings. The summed E-state index contributed by atoms with van der Waals surface area (Å²) in [5, 5.41) is 3.14. The van der Waals surface area contributed by atoms with Crippen LogP contribution in [0.4, 0.5) is 11.6 Å². The van der Waals surface area contributed by atoms with E-state index in [1.807, 2.05) is 0 Å². The summed E-state index contributed by atoms with van der Waals surface area (Å²) in [5.41, 5.74) is 5.51. The SMILES string of the molecule is CCCCOCCCNc1cncc(N)n1. The van der Waals surface area contributed by atoms with Gasteiger partial charge in [-0.2, -0.15) is 0 Å². The van der Waals surface area contributed by atoms with Crippen molar-refractivity contribution in [3.05, 3.63) is 12.4 Å². The van der Waals surface area contributed by atoms with Gasteiger partial charge < -0.3 is 15.8 Å². The highest BCUT2D eigenvalue weighted by Gasteiger charge is 1.94. The van der Waals surface area contributed by atoms with Gasteiger partial charge in [0.25, 0.3) is 0 Å². The zero-order chi connectivity index (χ0) is 11.6. The van der Waals surface area contributed by atoms with Crippen LogP contribution in [0.2, 0.25) is 0 Å². The van der Waals surface area contributed by atoms with E-state index in [0.717, 1.165) is 32.6 Å². The van der Waals surface area contributed by atoms with Crippen LogP contribution in [-0.2, 0) is 4.74 Å². The van der Waals surface area contributed by atoms with Crippen LogP contribution in [0.25, 0.3) is 0 Å². The minimum atomic E-state index is 0.434. The number of nitrogens with one attached hydrogen (secondary N) is 1. The molecule has 0 bridgehead atoms. The molecule has 0 saturated carbocycles. The van der Waals surface area contributed by atoms with Gasteiger partial charge in [-0.25, -0.2) is 4.98 Å². The lowest BCUT2D eigenvalue weighted by Gasteiger charge is -2.06. The summed E-state index contributed by atoms with van der Waals surface area (Å²) in [6.45, 7) is 4.62. The molecule has 0 unspecified atom stereocenters. The molecule has 0 amide bonds. The van der Waals surface area contributed by atoms with Crippen LogP contribution in [0.15, 0.2) is 12.4 Å². The predicted molar refractivity (Wildman–Crippen MR) is 65.3 cm³/mol. The van der Waals surface area contributed by atoms with Crippen molar-refractivity contribution in [2.75, 3.05) is 30.8 Å². The van der Waals surface area contributed by atoms with Crippen LogP contribution < -0.4 is 11.1 Å². The van der Waals surface area contributed by atoms with E-state index in [0.29, 0.717) is 11.6 Å². The fraction of sp³-hybridized carbons (Fsp3) is 0.636. The molecule has 1 rings (SSSR count). The lowest BCUT2D eigenvalue weighted by Crippen LogP contribution is -2.08. The largest absolute Gasteiger partial charge is 0.382 e. The summed E-state index contributed by atoms with van der Waals surface area (Å²) in [4.78, 5) is 8.03. The van der Waals surface area contributed by atoms with Gasteiger partial charge in [-0.1, -0.05) is 13.3 Å². The van der Waals surface area contributed by atoms with Gasteiger partial charge in [0, 0.05) is 19.8 Å². The number of aromatic nitrogens is 2. The van der Waals surface area contributed by atoms with E-state index in [1.54, 1.807) is 6.20 Å². The first-order valence-electron chi connectivity index (χ1n) is 5.72. The maximum absolute atomic E-state index is 5.51. The van der Waals surface area contributed by atoms with Gasteiger partial charge in [0.1, 0.15) is 11.6 Å². The van der Waals surface area contributed by atoms with E-state index < -0.39 is 0 Å². The standard InChI is InChI=1S/C11H20N4O/c1-2-3-6-16-7-4-5-14-11-9-13-8-10(12)15-11/h8-9H,2-7H2,1H3,(H3,12,14,15). The highest BCUT2D eigenvalue weighted by Crippen LogP contribution is 2.02. The van der Waals surface area contributed by atoms with Gasteiger partial charge in [0.15, 0.2) is 0 Å². The molecule has 1 heterocycles. The molecular weight excluding hydrogens is 204 g/mol. The Morgan fingerprint density at radius 1 is 1.31 bits per heavy atom. The van der Waals surface area contributed by atoms with E-state index in [9.17, 15) is 0 Å². The Hall–Kier alpha value is -1.36. The number of hydrogen-bond donors (Lipinski definition) is 2. The topological polar surface area (TPSA) is 73.1 Å². The maximum Gasteiger partial charge on any atom is 0.146 e. The van der Waals surface area contributed by atoms with Gasteiger partial charge in [0.2, 0.25) is 0 Å². The number of anilines is 2. The molecule has 0 aliphatic heterocycles. The van der Waals surface area contributed by atoms with Crippen molar-refractivity contribution in [3.63, 3.8) is 0 Å². The predicted octanol–water partition coefficient (Wildman–Crippen LogP) is 1.68. The van der Waals surface area contributed by atoms with Crippen molar-refractivity contribution >= 4 is 11.6 Å². The van der Waals surface area contributed by atoms with Crippen LogP contribution >= 0.6 is 0 Å². The normalized spacial score (nSPS) is 10.3. The Labute approximate surface area is 96.4 Å². The molecule has 16 heavy (non-hydrogen) atoms. The maximum atomic E-state index is 5.51. The van der Waals surface area contributed by atoms with Crippen LogP contribution in [0.1, 0.15) is 26.2 Å². The first kappa shape index (κ1) is 12.7. The van der Waals surface area contributed by atoms with Gasteiger partial charge in [-0.05, 0) is 12.8 Å². The Morgan fingerprint density at radius 2 is 2.12 bits per heavy atom. The second-order valence-corrected chi connectivity index (χ2v) is 3.58. The molecule has 0 aliphatic carbocycles. The zero-order valence-corrected chi connectivity index (χ0v) is 9.78. The fourth-order valence-electron chi connectivity index (χ4n) is 1.21. The average molecular weight is 224 g/mol. The number of unbranched alkanes of at least 4 members (excludes halogenated alkanes) is 1. The molecule has 0 radical (unpaired) electrons. The molecule has 0 saturated heterocycles. The zero-order valence-electron chi connectivity index (χ0n) is 9.78. The van der Waals surface area contributed by atoms with Crippen molar-refractivity contribution in [2.24, 2.45) is 0 Å². The molecule has 90 valence electrons. The van der Waals surface area contributed by atoms with E-state index in [-0.39, 0.29) is 0 Å². The number of nitrogen functional groups attached to an aromatic ring is 1. The first-order valence-corrected chi connectivity index (χ1v) is 5.72. The van der Waals surface area contributed by atoms with Crippen LogP contribution in [0, 0.1) is 0 Å². The Kier molecular flexibility index (Phi) is 6.25. The second-order valence-electron chi connectivity index (χ2n) is 3.58. The van der Waals surface area contributed by atoms with E-state index in [1.165, 1.54) is 12.6 Å². The summed E-state index contributed by atoms with van der Waals surface area (Å²) in [6.07, 6.45) is 6.46. The number of ether oxygens (including phenoxy) is 1. The second kappa shape index (κ2) is 7.87. The Morgan fingerprint density at radius 3 is 2.88 bits per heavy atom. The van der Waals surface area contributed by atoms with E-state index in [2.05, 4.69) is 22.2 Å². The molecule has 1 aromatic rings. The quantitative estimate of drug-likeness (QED) is 0.657. The summed E-state index contributed by atoms with van der Waals surface area (Å²) in [6, 6.07) is 0. The van der Waals surface area contributed by atoms with E-state index >= 15 is 0 Å². The van der Waals surface area contributed by atoms with Crippen LogP contribution in [0.3, 0.4) is 0 Å². The molecule has 0 aromatic carbocycles. The van der Waals surface area contributed by atoms with Crippen molar-refractivity contribution in [1.82, 2.24) is 9.97 Å². The third-order valence-electron chi connectivity index (χ3n) is 2.07. The van der Waals surface area contributed by atoms with Crippen molar-refractivity contribution < 1.29 is 4.74 Å². The fourth-order valence-corrected chi connectivity index (χ4v) is 1.21. The van der Waals surface area contributed by atoms with Crippen LogP contribution in [0.5, 0.6) is 0 Å². The molecule has 5 heteroatoms. The Balaban J connectivity index is 2.03. The molecule has 1 aromatic heterocycles. The molecular formula is C11H20N4O. The average Bonchev–Trinajstić information content (AvgIpc) is 2.28. The monoisotopic (exact) mass is 224 g/mol. The lowest BCUT2D eigenvalue weighted by molar-refractivity contribution is 0.131. The first-order chi connectivity index (χ1) is 7.83. The van der Waals surface area contributed by atoms with Crippen molar-refractivity contribution in [3.8, 4) is 0 Å². The molecule has 0 spiro atoms. The number of rotatable bonds is 8. The number of hydrogen-bond acceptors (Lipinski definition) is 5. The summed E-state index contributed by atoms with van der Waals surface area (Å²) in [5.74, 6) is 1.15. The Bertz CT molecular complexity index is 293. The third kappa shape index (κ3) is 5.50. The number of nitrogens with two attached hydrogens (primary N) is 1. The summed E-state index contributed by atoms with van der Waals surface area (Å²) in [7, 11) is 0. The molecule has 0 aliphatic rings.